The van der Waals surface area contributed by atoms with E-state index in [9.17, 15) is 18.5 Å². The molecule has 2 N–H and O–H groups in total. The van der Waals surface area contributed by atoms with Gasteiger partial charge in [0.25, 0.3) is 15.7 Å². The zero-order chi connectivity index (χ0) is 38.1. The molecule has 1 heterocycles. The second-order valence-electron chi connectivity index (χ2n) is 13.6. The third-order valence-electron chi connectivity index (χ3n) is 9.38. The molecule has 0 bridgehead atoms. The maximum Gasteiger partial charge on any atom is 0.293 e. The zero-order valence-corrected chi connectivity index (χ0v) is 32.8. The van der Waals surface area contributed by atoms with E-state index in [2.05, 4.69) is 61.1 Å². The van der Waals surface area contributed by atoms with Crippen molar-refractivity contribution in [1.82, 2.24) is 9.80 Å². The molecule has 0 aromatic heterocycles. The minimum absolute atomic E-state index is 0.0878. The van der Waals surface area contributed by atoms with Crippen LogP contribution in [-0.4, -0.2) is 81.8 Å². The number of hydrogen-bond donors (Lipinski definition) is 2. The minimum atomic E-state index is -4.10. The van der Waals surface area contributed by atoms with Crippen molar-refractivity contribution in [2.45, 2.75) is 28.8 Å². The van der Waals surface area contributed by atoms with Gasteiger partial charge in [0.2, 0.25) is 0 Å². The average Bonchev–Trinajstić information content (AvgIpc) is 3.17. The fourth-order valence-electron chi connectivity index (χ4n) is 6.43. The van der Waals surface area contributed by atoms with Crippen LogP contribution in [0.3, 0.4) is 0 Å². The molecule has 0 saturated carbocycles. The number of nitro benzene ring substituents is 1. The number of nitrogens with zero attached hydrogens (tertiary/aromatic N) is 4. The molecule has 0 amide bonds. The van der Waals surface area contributed by atoms with E-state index in [0.29, 0.717) is 11.4 Å². The van der Waals surface area contributed by atoms with Crippen LogP contribution in [0, 0.1) is 10.1 Å². The van der Waals surface area contributed by atoms with E-state index in [1.807, 2.05) is 68.7 Å². The summed E-state index contributed by atoms with van der Waals surface area (Å²) >= 11 is 7.79. The third kappa shape index (κ3) is 10.5. The Balaban J connectivity index is 1.07. The van der Waals surface area contributed by atoms with E-state index < -0.39 is 14.9 Å². The Morgan fingerprint density at radius 1 is 0.870 bits per heavy atom. The van der Waals surface area contributed by atoms with Crippen molar-refractivity contribution < 1.29 is 13.3 Å². The monoisotopic (exact) mass is 784 g/mol. The summed E-state index contributed by atoms with van der Waals surface area (Å²) in [4.78, 5) is 19.4. The lowest BCUT2D eigenvalue weighted by atomic mass is 9.99. The molecule has 1 aliphatic rings. The van der Waals surface area contributed by atoms with Crippen molar-refractivity contribution in [2.75, 3.05) is 67.5 Å². The fourth-order valence-corrected chi connectivity index (χ4v) is 8.62. The first-order valence-corrected chi connectivity index (χ1v) is 20.7. The molecule has 10 nitrogen and oxygen atoms in total. The standard InChI is InChI=1S/C41H45ClN6O4S2/c1-45(2)23-22-35(30-53-37-9-4-3-5-10-37)43-40-21-20-38(28-41(40)48(49)50)54(51,52)44-34-16-18-36(19-17-34)47-26-24-46(25-27-47)29-32-8-6-7-11-39(32)31-12-14-33(42)15-13-31/h3-21,28,35,43-44H,22-27,29-30H2,1-2H3. The molecule has 1 saturated heterocycles. The van der Waals surface area contributed by atoms with Crippen LogP contribution in [-0.2, 0) is 16.6 Å². The molecular formula is C41H45ClN6O4S2. The van der Waals surface area contributed by atoms with Gasteiger partial charge in [-0.3, -0.25) is 19.7 Å². The molecule has 13 heteroatoms. The SMILES string of the molecule is CN(C)CCC(CSc1ccccc1)Nc1ccc(S(=O)(=O)Nc2ccc(N3CCN(Cc4ccccc4-c4ccc(Cl)cc4)CC3)cc2)cc1[N+](=O)[O-]. The summed E-state index contributed by atoms with van der Waals surface area (Å²) in [6, 6.07) is 37.6. The smallest absolute Gasteiger partial charge is 0.293 e. The number of nitro groups is 1. The first kappa shape index (κ1) is 39.1. The summed E-state index contributed by atoms with van der Waals surface area (Å²) in [7, 11) is -0.136. The van der Waals surface area contributed by atoms with Gasteiger partial charge < -0.3 is 15.1 Å². The summed E-state index contributed by atoms with van der Waals surface area (Å²) in [6.45, 7) is 5.06. The topological polar surface area (TPSA) is 111 Å². The number of hydrogen-bond acceptors (Lipinski definition) is 9. The van der Waals surface area contributed by atoms with E-state index in [1.165, 1.54) is 23.3 Å². The summed E-state index contributed by atoms with van der Waals surface area (Å²) in [5.41, 5.74) is 4.98. The quantitative estimate of drug-likeness (QED) is 0.0578. The minimum Gasteiger partial charge on any atom is -0.376 e. The number of piperazine rings is 1. The number of benzene rings is 5. The van der Waals surface area contributed by atoms with Crippen molar-refractivity contribution in [1.29, 1.82) is 0 Å². The van der Waals surface area contributed by atoms with Gasteiger partial charge in [0, 0.05) is 71.9 Å². The molecule has 1 atom stereocenters. The molecule has 0 radical (unpaired) electrons. The number of nitrogens with one attached hydrogen (secondary N) is 2. The van der Waals surface area contributed by atoms with Crippen molar-refractivity contribution in [3.63, 3.8) is 0 Å². The van der Waals surface area contributed by atoms with Gasteiger partial charge in [-0.05, 0) is 104 Å². The molecule has 6 rings (SSSR count). The molecule has 5 aromatic rings. The summed E-state index contributed by atoms with van der Waals surface area (Å²) in [6.07, 6.45) is 0.747. The van der Waals surface area contributed by atoms with Gasteiger partial charge in [-0.2, -0.15) is 0 Å². The molecular weight excluding hydrogens is 740 g/mol. The van der Waals surface area contributed by atoms with Crippen molar-refractivity contribution in [3.05, 3.63) is 142 Å². The number of anilines is 3. The van der Waals surface area contributed by atoms with E-state index >= 15 is 0 Å². The number of sulfonamides is 1. The predicted molar refractivity (Wildman–Crippen MR) is 222 cm³/mol. The second-order valence-corrected chi connectivity index (χ2v) is 16.8. The van der Waals surface area contributed by atoms with Gasteiger partial charge in [0.1, 0.15) is 5.69 Å². The molecule has 1 aliphatic heterocycles. The lowest BCUT2D eigenvalue weighted by Crippen LogP contribution is -2.46. The highest BCUT2D eigenvalue weighted by molar-refractivity contribution is 7.99. The van der Waals surface area contributed by atoms with Crippen LogP contribution in [0.25, 0.3) is 11.1 Å². The fraction of sp³-hybridized carbons (Fsp3) is 0.268. The maximum atomic E-state index is 13.5. The van der Waals surface area contributed by atoms with Gasteiger partial charge in [-0.15, -0.1) is 11.8 Å². The Hall–Kier alpha value is -4.59. The van der Waals surface area contributed by atoms with E-state index in [4.69, 9.17) is 11.6 Å². The van der Waals surface area contributed by atoms with Crippen LogP contribution in [0.2, 0.25) is 5.02 Å². The van der Waals surface area contributed by atoms with E-state index in [0.717, 1.165) is 72.9 Å². The van der Waals surface area contributed by atoms with Crippen molar-refractivity contribution >= 4 is 56.1 Å². The van der Waals surface area contributed by atoms with Crippen molar-refractivity contribution in [3.8, 4) is 11.1 Å². The van der Waals surface area contributed by atoms with Crippen LogP contribution in [0.4, 0.5) is 22.7 Å². The lowest BCUT2D eigenvalue weighted by Gasteiger charge is -2.36. The maximum absolute atomic E-state index is 13.5. The zero-order valence-electron chi connectivity index (χ0n) is 30.4. The highest BCUT2D eigenvalue weighted by Crippen LogP contribution is 2.32. The van der Waals surface area contributed by atoms with Crippen LogP contribution >= 0.6 is 23.4 Å². The molecule has 1 unspecified atom stereocenters. The average molecular weight is 785 g/mol. The number of thioether (sulfide) groups is 1. The Bertz CT molecular complexity index is 2110. The number of halogens is 1. The Morgan fingerprint density at radius 2 is 1.56 bits per heavy atom. The Morgan fingerprint density at radius 3 is 2.24 bits per heavy atom. The molecule has 282 valence electrons. The van der Waals surface area contributed by atoms with E-state index in [1.54, 1.807) is 23.9 Å². The van der Waals surface area contributed by atoms with Crippen LogP contribution in [0.1, 0.15) is 12.0 Å². The normalized spacial score (nSPS) is 14.2. The highest BCUT2D eigenvalue weighted by Gasteiger charge is 2.24. The molecule has 5 aromatic carbocycles. The largest absolute Gasteiger partial charge is 0.376 e. The summed E-state index contributed by atoms with van der Waals surface area (Å²) in [5, 5.41) is 16.2. The highest BCUT2D eigenvalue weighted by atomic mass is 35.5. The summed E-state index contributed by atoms with van der Waals surface area (Å²) < 4.78 is 29.5. The second kappa shape index (κ2) is 18.2. The Kier molecular flexibility index (Phi) is 13.2. The van der Waals surface area contributed by atoms with Crippen LogP contribution in [0.5, 0.6) is 0 Å². The van der Waals surface area contributed by atoms with Gasteiger partial charge in [-0.25, -0.2) is 8.42 Å². The van der Waals surface area contributed by atoms with Gasteiger partial charge in [0.05, 0.1) is 9.82 Å². The molecule has 54 heavy (non-hydrogen) atoms. The Labute approximate surface area is 327 Å². The lowest BCUT2D eigenvalue weighted by molar-refractivity contribution is -0.384. The molecule has 0 aliphatic carbocycles. The van der Waals surface area contributed by atoms with Crippen LogP contribution < -0.4 is 14.9 Å². The first-order valence-electron chi connectivity index (χ1n) is 17.9. The van der Waals surface area contributed by atoms with Crippen molar-refractivity contribution in [2.24, 2.45) is 0 Å². The molecule has 1 fully saturated rings. The third-order valence-corrected chi connectivity index (χ3v) is 12.2. The van der Waals surface area contributed by atoms with Crippen LogP contribution in [0.15, 0.2) is 131 Å². The predicted octanol–water partition coefficient (Wildman–Crippen LogP) is 8.56. The van der Waals surface area contributed by atoms with Gasteiger partial charge >= 0.3 is 0 Å². The first-order chi connectivity index (χ1) is 26.0. The summed E-state index contributed by atoms with van der Waals surface area (Å²) in [5.74, 6) is 0.682. The van der Waals surface area contributed by atoms with E-state index in [-0.39, 0.29) is 22.3 Å². The van der Waals surface area contributed by atoms with Gasteiger partial charge in [-0.1, -0.05) is 66.2 Å². The number of rotatable bonds is 16. The molecule has 0 spiro atoms. The van der Waals surface area contributed by atoms with Gasteiger partial charge in [0.15, 0.2) is 0 Å².